The minimum atomic E-state index is -0.248. The SMILES string of the molecule is CCc1nc2nc3cc(Cl)ccc3nc2n1C(=O)CC(C)Cl. The number of aromatic nitrogens is 4. The van der Waals surface area contributed by atoms with Crippen molar-refractivity contribution in [2.45, 2.75) is 32.1 Å². The number of imidazole rings is 1. The van der Waals surface area contributed by atoms with E-state index in [9.17, 15) is 4.79 Å². The van der Waals surface area contributed by atoms with Crippen LogP contribution in [-0.4, -0.2) is 30.8 Å². The van der Waals surface area contributed by atoms with Crippen LogP contribution in [-0.2, 0) is 6.42 Å². The lowest BCUT2D eigenvalue weighted by Crippen LogP contribution is -2.17. The first-order valence-electron chi connectivity index (χ1n) is 7.01. The Morgan fingerprint density at radius 3 is 2.73 bits per heavy atom. The van der Waals surface area contributed by atoms with Gasteiger partial charge in [-0.1, -0.05) is 18.5 Å². The number of hydrogen-bond donors (Lipinski definition) is 0. The van der Waals surface area contributed by atoms with Crippen LogP contribution in [0.4, 0.5) is 0 Å². The average Bonchev–Trinajstić information content (AvgIpc) is 2.81. The van der Waals surface area contributed by atoms with Crippen molar-refractivity contribution in [1.29, 1.82) is 0 Å². The van der Waals surface area contributed by atoms with Crippen molar-refractivity contribution < 1.29 is 4.79 Å². The second kappa shape index (κ2) is 5.82. The number of nitrogens with zero attached hydrogens (tertiary/aromatic N) is 4. The highest BCUT2D eigenvalue weighted by molar-refractivity contribution is 6.31. The minimum absolute atomic E-state index is 0.121. The van der Waals surface area contributed by atoms with Gasteiger partial charge in [0.15, 0.2) is 11.3 Å². The van der Waals surface area contributed by atoms with Gasteiger partial charge in [0.1, 0.15) is 5.82 Å². The third-order valence-electron chi connectivity index (χ3n) is 3.32. The Hall–Kier alpha value is -1.72. The van der Waals surface area contributed by atoms with Gasteiger partial charge in [0.2, 0.25) is 5.91 Å². The van der Waals surface area contributed by atoms with E-state index in [0.29, 0.717) is 39.6 Å². The van der Waals surface area contributed by atoms with Gasteiger partial charge >= 0.3 is 0 Å². The first kappa shape index (κ1) is 15.2. The van der Waals surface area contributed by atoms with Gasteiger partial charge in [0.25, 0.3) is 0 Å². The van der Waals surface area contributed by atoms with E-state index in [0.717, 1.165) is 0 Å². The molecule has 1 unspecified atom stereocenters. The summed E-state index contributed by atoms with van der Waals surface area (Å²) in [5.74, 6) is 0.517. The number of alkyl halides is 1. The fraction of sp³-hybridized carbons (Fsp3) is 0.333. The maximum Gasteiger partial charge on any atom is 0.235 e. The number of aryl methyl sites for hydroxylation is 1. The molecule has 5 nitrogen and oxygen atoms in total. The lowest BCUT2D eigenvalue weighted by molar-refractivity contribution is 0.0904. The second-order valence-electron chi connectivity index (χ2n) is 5.10. The molecule has 0 aliphatic rings. The second-order valence-corrected chi connectivity index (χ2v) is 6.28. The summed E-state index contributed by atoms with van der Waals surface area (Å²) in [7, 11) is 0. The van der Waals surface area contributed by atoms with Crippen LogP contribution in [0.25, 0.3) is 22.3 Å². The highest BCUT2D eigenvalue weighted by Gasteiger charge is 2.19. The summed E-state index contributed by atoms with van der Waals surface area (Å²) in [6, 6.07) is 5.26. The molecule has 0 spiro atoms. The molecular formula is C15H14Cl2N4O. The highest BCUT2D eigenvalue weighted by atomic mass is 35.5. The molecule has 0 aliphatic heterocycles. The summed E-state index contributed by atoms with van der Waals surface area (Å²) in [6.07, 6.45) is 0.831. The molecule has 0 aliphatic carbocycles. The molecule has 2 heterocycles. The van der Waals surface area contributed by atoms with Crippen LogP contribution in [0.2, 0.25) is 5.02 Å². The molecule has 3 aromatic rings. The van der Waals surface area contributed by atoms with Crippen molar-refractivity contribution >= 4 is 51.4 Å². The molecule has 0 N–H and O–H groups in total. The Morgan fingerprint density at radius 2 is 2.05 bits per heavy atom. The van der Waals surface area contributed by atoms with Crippen LogP contribution in [0.15, 0.2) is 18.2 Å². The molecule has 0 saturated heterocycles. The third kappa shape index (κ3) is 2.66. The largest absolute Gasteiger partial charge is 0.274 e. The molecule has 3 rings (SSSR count). The normalized spacial score (nSPS) is 12.9. The van der Waals surface area contributed by atoms with Gasteiger partial charge in [-0.25, -0.2) is 19.5 Å². The number of hydrogen-bond acceptors (Lipinski definition) is 4. The first-order valence-corrected chi connectivity index (χ1v) is 7.83. The fourth-order valence-electron chi connectivity index (χ4n) is 2.36. The van der Waals surface area contributed by atoms with Crippen LogP contribution in [0, 0.1) is 0 Å². The van der Waals surface area contributed by atoms with Gasteiger partial charge in [-0.15, -0.1) is 11.6 Å². The average molecular weight is 337 g/mol. The van der Waals surface area contributed by atoms with Crippen molar-refractivity contribution in [3.63, 3.8) is 0 Å². The number of carbonyl (C=O) groups is 1. The van der Waals surface area contributed by atoms with Crippen LogP contribution in [0.1, 0.15) is 30.9 Å². The van der Waals surface area contributed by atoms with Crippen molar-refractivity contribution in [2.75, 3.05) is 0 Å². The van der Waals surface area contributed by atoms with Gasteiger partial charge in [-0.3, -0.25) is 4.79 Å². The lowest BCUT2D eigenvalue weighted by atomic mass is 10.3. The van der Waals surface area contributed by atoms with Crippen LogP contribution < -0.4 is 0 Å². The van der Waals surface area contributed by atoms with E-state index in [4.69, 9.17) is 23.2 Å². The summed E-state index contributed by atoms with van der Waals surface area (Å²) in [5.41, 5.74) is 2.24. The molecule has 1 atom stereocenters. The summed E-state index contributed by atoms with van der Waals surface area (Å²) >= 11 is 11.9. The van der Waals surface area contributed by atoms with Gasteiger partial charge in [-0.05, 0) is 25.1 Å². The first-order chi connectivity index (χ1) is 10.5. The zero-order valence-corrected chi connectivity index (χ0v) is 13.7. The number of fused-ring (bicyclic) bond motifs is 2. The summed E-state index contributed by atoms with van der Waals surface area (Å²) in [6.45, 7) is 3.72. The molecule has 114 valence electrons. The van der Waals surface area contributed by atoms with E-state index in [1.165, 1.54) is 4.57 Å². The molecule has 0 amide bonds. The summed E-state index contributed by atoms with van der Waals surface area (Å²) in [5, 5.41) is 0.338. The van der Waals surface area contributed by atoms with E-state index < -0.39 is 0 Å². The standard InChI is InChI=1S/C15H14Cl2N4O/c1-3-12-20-14-15(21(12)13(22)6-8(2)16)19-10-5-4-9(17)7-11(10)18-14/h4-5,7-8H,3,6H2,1-2H3. The molecule has 7 heteroatoms. The van der Waals surface area contributed by atoms with Crippen molar-refractivity contribution in [2.24, 2.45) is 0 Å². The third-order valence-corrected chi connectivity index (χ3v) is 3.71. The van der Waals surface area contributed by atoms with E-state index >= 15 is 0 Å². The number of benzene rings is 1. The van der Waals surface area contributed by atoms with Crippen molar-refractivity contribution in [1.82, 2.24) is 19.5 Å². The zero-order valence-electron chi connectivity index (χ0n) is 12.2. The van der Waals surface area contributed by atoms with E-state index in [2.05, 4.69) is 15.0 Å². The Morgan fingerprint density at radius 1 is 1.27 bits per heavy atom. The Labute approximate surface area is 137 Å². The van der Waals surface area contributed by atoms with Crippen molar-refractivity contribution in [3.05, 3.63) is 29.0 Å². The molecule has 0 fully saturated rings. The monoisotopic (exact) mass is 336 g/mol. The summed E-state index contributed by atoms with van der Waals surface area (Å²) < 4.78 is 1.52. The highest BCUT2D eigenvalue weighted by Crippen LogP contribution is 2.21. The summed E-state index contributed by atoms with van der Waals surface area (Å²) in [4.78, 5) is 25.9. The van der Waals surface area contributed by atoms with Crippen LogP contribution >= 0.6 is 23.2 Å². The quantitative estimate of drug-likeness (QED) is 0.681. The zero-order chi connectivity index (χ0) is 15.9. The molecule has 0 saturated carbocycles. The maximum absolute atomic E-state index is 12.4. The Kier molecular flexibility index (Phi) is 4.02. The number of halogens is 2. The molecule has 22 heavy (non-hydrogen) atoms. The molecule has 0 radical (unpaired) electrons. The van der Waals surface area contributed by atoms with Gasteiger partial charge in [-0.2, -0.15) is 0 Å². The minimum Gasteiger partial charge on any atom is -0.274 e. The van der Waals surface area contributed by atoms with Gasteiger partial charge in [0, 0.05) is 23.2 Å². The predicted molar refractivity (Wildman–Crippen MR) is 87.8 cm³/mol. The smallest absolute Gasteiger partial charge is 0.235 e. The molecule has 2 aromatic heterocycles. The Balaban J connectivity index is 2.25. The maximum atomic E-state index is 12.4. The molecular weight excluding hydrogens is 323 g/mol. The predicted octanol–water partition coefficient (Wildman–Crippen LogP) is 3.85. The van der Waals surface area contributed by atoms with Gasteiger partial charge < -0.3 is 0 Å². The lowest BCUT2D eigenvalue weighted by Gasteiger charge is -2.07. The molecule has 1 aromatic carbocycles. The van der Waals surface area contributed by atoms with Gasteiger partial charge in [0.05, 0.1) is 11.0 Å². The topological polar surface area (TPSA) is 60.7 Å². The van der Waals surface area contributed by atoms with E-state index in [1.807, 2.05) is 6.92 Å². The van der Waals surface area contributed by atoms with E-state index in [1.54, 1.807) is 25.1 Å². The number of rotatable bonds is 3. The Bertz CT molecular complexity index is 873. The van der Waals surface area contributed by atoms with E-state index in [-0.39, 0.29) is 17.7 Å². The number of carbonyl (C=O) groups excluding carboxylic acids is 1. The van der Waals surface area contributed by atoms with Crippen LogP contribution in [0.5, 0.6) is 0 Å². The molecule has 0 bridgehead atoms. The van der Waals surface area contributed by atoms with Crippen molar-refractivity contribution in [3.8, 4) is 0 Å². The fourth-order valence-corrected chi connectivity index (χ4v) is 2.66. The van der Waals surface area contributed by atoms with Crippen LogP contribution in [0.3, 0.4) is 0 Å².